The van der Waals surface area contributed by atoms with Crippen LogP contribution >= 0.6 is 0 Å². The number of rotatable bonds is 7. The summed E-state index contributed by atoms with van der Waals surface area (Å²) in [5.41, 5.74) is 2.11. The van der Waals surface area contributed by atoms with Crippen molar-refractivity contribution in [2.24, 2.45) is 0 Å². The zero-order chi connectivity index (χ0) is 19.2. The molecule has 6 heteroatoms. The Morgan fingerprint density at radius 1 is 1.14 bits per heavy atom. The number of nitrogens with zero attached hydrogens (tertiary/aromatic N) is 2. The number of carbonyl (C=O) groups excluding carboxylic acids is 1. The highest BCUT2D eigenvalue weighted by Crippen LogP contribution is 2.32. The van der Waals surface area contributed by atoms with Crippen LogP contribution < -0.4 is 14.8 Å². The standard InChI is InChI=1S/C22H21N3O3/c26-22(9-7-17-6-8-19-20(14-17)28-16-27-19)24-11-10-21-23-12-13-25(21)15-18-4-2-1-3-5-18/h1-9,12-14H,10-11,15-16H2,(H,24,26)/b9-7+. The summed E-state index contributed by atoms with van der Waals surface area (Å²) in [7, 11) is 0. The van der Waals surface area contributed by atoms with Crippen molar-refractivity contribution in [3.05, 3.63) is 84.0 Å². The van der Waals surface area contributed by atoms with E-state index in [1.807, 2.05) is 42.6 Å². The van der Waals surface area contributed by atoms with Crippen molar-refractivity contribution in [2.75, 3.05) is 13.3 Å². The predicted octanol–water partition coefficient (Wildman–Crippen LogP) is 3.03. The van der Waals surface area contributed by atoms with Crippen LogP contribution in [0.3, 0.4) is 0 Å². The summed E-state index contributed by atoms with van der Waals surface area (Å²) in [6, 6.07) is 15.8. The quantitative estimate of drug-likeness (QED) is 0.645. The van der Waals surface area contributed by atoms with Crippen LogP contribution in [0.15, 0.2) is 67.0 Å². The van der Waals surface area contributed by atoms with E-state index in [0.29, 0.717) is 18.7 Å². The zero-order valence-electron chi connectivity index (χ0n) is 15.4. The first-order valence-electron chi connectivity index (χ1n) is 9.17. The van der Waals surface area contributed by atoms with Gasteiger partial charge in [0, 0.05) is 38.0 Å². The highest BCUT2D eigenvalue weighted by molar-refractivity contribution is 5.91. The molecule has 2 heterocycles. The summed E-state index contributed by atoms with van der Waals surface area (Å²) in [6.45, 7) is 1.53. The van der Waals surface area contributed by atoms with Crippen LogP contribution in [0.1, 0.15) is 17.0 Å². The van der Waals surface area contributed by atoms with Crippen molar-refractivity contribution in [2.45, 2.75) is 13.0 Å². The van der Waals surface area contributed by atoms with Crippen LogP contribution in [-0.2, 0) is 17.8 Å². The minimum atomic E-state index is -0.140. The first-order chi connectivity index (χ1) is 13.8. The fourth-order valence-electron chi connectivity index (χ4n) is 3.04. The Morgan fingerprint density at radius 2 is 2.00 bits per heavy atom. The van der Waals surface area contributed by atoms with Gasteiger partial charge in [0.2, 0.25) is 12.7 Å². The molecule has 1 N–H and O–H groups in total. The molecular formula is C22H21N3O3. The fourth-order valence-corrected chi connectivity index (χ4v) is 3.04. The zero-order valence-corrected chi connectivity index (χ0v) is 15.4. The molecule has 28 heavy (non-hydrogen) atoms. The highest BCUT2D eigenvalue weighted by atomic mass is 16.7. The Balaban J connectivity index is 1.27. The molecule has 1 amide bonds. The molecule has 4 rings (SSSR count). The SMILES string of the molecule is O=C(/C=C/c1ccc2c(c1)OCO2)NCCc1nccn1Cc1ccccc1. The van der Waals surface area contributed by atoms with E-state index in [4.69, 9.17) is 9.47 Å². The molecule has 0 spiro atoms. The van der Waals surface area contributed by atoms with Gasteiger partial charge in [0.25, 0.3) is 0 Å². The third kappa shape index (κ3) is 4.40. The molecule has 0 radical (unpaired) electrons. The number of fused-ring (bicyclic) bond motifs is 1. The predicted molar refractivity (Wildman–Crippen MR) is 106 cm³/mol. The molecule has 0 fully saturated rings. The average molecular weight is 375 g/mol. The lowest BCUT2D eigenvalue weighted by Gasteiger charge is -2.08. The van der Waals surface area contributed by atoms with Crippen LogP contribution in [-0.4, -0.2) is 28.8 Å². The first-order valence-corrected chi connectivity index (χ1v) is 9.17. The average Bonchev–Trinajstić information content (AvgIpc) is 3.36. The molecule has 3 aromatic rings. The van der Waals surface area contributed by atoms with E-state index in [1.165, 1.54) is 11.6 Å². The van der Waals surface area contributed by atoms with Gasteiger partial charge in [-0.2, -0.15) is 0 Å². The van der Waals surface area contributed by atoms with Crippen LogP contribution in [0, 0.1) is 0 Å². The van der Waals surface area contributed by atoms with E-state index in [0.717, 1.165) is 23.7 Å². The molecule has 0 saturated carbocycles. The Kier molecular flexibility index (Phi) is 5.38. The molecule has 6 nitrogen and oxygen atoms in total. The van der Waals surface area contributed by atoms with E-state index in [1.54, 1.807) is 12.3 Å². The molecule has 1 aliphatic heterocycles. The van der Waals surface area contributed by atoms with Crippen molar-refractivity contribution >= 4 is 12.0 Å². The number of aromatic nitrogens is 2. The molecule has 142 valence electrons. The van der Waals surface area contributed by atoms with Crippen LogP contribution in [0.4, 0.5) is 0 Å². The van der Waals surface area contributed by atoms with Crippen molar-refractivity contribution < 1.29 is 14.3 Å². The monoisotopic (exact) mass is 375 g/mol. The molecular weight excluding hydrogens is 354 g/mol. The van der Waals surface area contributed by atoms with Crippen molar-refractivity contribution in [1.29, 1.82) is 0 Å². The van der Waals surface area contributed by atoms with E-state index < -0.39 is 0 Å². The van der Waals surface area contributed by atoms with Crippen LogP contribution in [0.5, 0.6) is 11.5 Å². The first kappa shape index (κ1) is 17.9. The molecule has 1 aliphatic rings. The number of benzene rings is 2. The number of nitrogens with one attached hydrogen (secondary N) is 1. The van der Waals surface area contributed by atoms with Crippen molar-refractivity contribution in [3.63, 3.8) is 0 Å². The molecule has 0 bridgehead atoms. The normalized spacial score (nSPS) is 12.4. The second kappa shape index (κ2) is 8.43. The van der Waals surface area contributed by atoms with E-state index in [9.17, 15) is 4.79 Å². The smallest absolute Gasteiger partial charge is 0.244 e. The van der Waals surface area contributed by atoms with Gasteiger partial charge in [0.05, 0.1) is 0 Å². The van der Waals surface area contributed by atoms with E-state index in [2.05, 4.69) is 27.0 Å². The van der Waals surface area contributed by atoms with Gasteiger partial charge in [0.1, 0.15) is 5.82 Å². The number of amides is 1. The van der Waals surface area contributed by atoms with Gasteiger partial charge in [-0.25, -0.2) is 4.98 Å². The number of hydrogen-bond acceptors (Lipinski definition) is 4. The Morgan fingerprint density at radius 3 is 2.89 bits per heavy atom. The lowest BCUT2D eigenvalue weighted by atomic mass is 10.2. The Bertz CT molecular complexity index is 980. The molecule has 1 aromatic heterocycles. The second-order valence-corrected chi connectivity index (χ2v) is 6.44. The molecule has 0 aliphatic carbocycles. The van der Waals surface area contributed by atoms with Gasteiger partial charge in [-0.05, 0) is 29.3 Å². The third-order valence-corrected chi connectivity index (χ3v) is 4.47. The summed E-state index contributed by atoms with van der Waals surface area (Å²) in [6.07, 6.45) is 7.70. The maximum Gasteiger partial charge on any atom is 0.244 e. The Labute approximate surface area is 163 Å². The second-order valence-electron chi connectivity index (χ2n) is 6.44. The summed E-state index contributed by atoms with van der Waals surface area (Å²) >= 11 is 0. The van der Waals surface area contributed by atoms with Gasteiger partial charge in [0.15, 0.2) is 11.5 Å². The number of carbonyl (C=O) groups is 1. The summed E-state index contributed by atoms with van der Waals surface area (Å²) < 4.78 is 12.7. The Hall–Kier alpha value is -3.54. The number of hydrogen-bond donors (Lipinski definition) is 1. The summed E-state index contributed by atoms with van der Waals surface area (Å²) in [5.74, 6) is 2.24. The minimum Gasteiger partial charge on any atom is -0.454 e. The van der Waals surface area contributed by atoms with E-state index >= 15 is 0 Å². The topological polar surface area (TPSA) is 65.4 Å². The lowest BCUT2D eigenvalue weighted by Crippen LogP contribution is -2.24. The van der Waals surface area contributed by atoms with Gasteiger partial charge in [-0.1, -0.05) is 36.4 Å². The van der Waals surface area contributed by atoms with E-state index in [-0.39, 0.29) is 12.7 Å². The van der Waals surface area contributed by atoms with Crippen molar-refractivity contribution in [1.82, 2.24) is 14.9 Å². The molecule has 0 saturated heterocycles. The molecule has 0 unspecified atom stereocenters. The van der Waals surface area contributed by atoms with Crippen LogP contribution in [0.25, 0.3) is 6.08 Å². The summed E-state index contributed by atoms with van der Waals surface area (Å²) in [5, 5.41) is 2.90. The van der Waals surface area contributed by atoms with Crippen molar-refractivity contribution in [3.8, 4) is 11.5 Å². The highest BCUT2D eigenvalue weighted by Gasteiger charge is 2.12. The summed E-state index contributed by atoms with van der Waals surface area (Å²) in [4.78, 5) is 16.5. The maximum absolute atomic E-state index is 12.1. The van der Waals surface area contributed by atoms with Gasteiger partial charge < -0.3 is 19.4 Å². The maximum atomic E-state index is 12.1. The third-order valence-electron chi connectivity index (χ3n) is 4.47. The minimum absolute atomic E-state index is 0.140. The van der Waals surface area contributed by atoms with Gasteiger partial charge >= 0.3 is 0 Å². The lowest BCUT2D eigenvalue weighted by molar-refractivity contribution is -0.116. The number of imidazole rings is 1. The van der Waals surface area contributed by atoms with Crippen LogP contribution in [0.2, 0.25) is 0 Å². The van der Waals surface area contributed by atoms with Gasteiger partial charge in [-0.3, -0.25) is 4.79 Å². The van der Waals surface area contributed by atoms with Gasteiger partial charge in [-0.15, -0.1) is 0 Å². The largest absolute Gasteiger partial charge is 0.454 e. The fraction of sp³-hybridized carbons (Fsp3) is 0.182. The molecule has 2 aromatic carbocycles. The molecule has 0 atom stereocenters. The number of ether oxygens (including phenoxy) is 2.